The summed E-state index contributed by atoms with van der Waals surface area (Å²) in [5.74, 6) is 1.48. The number of ether oxygens (including phenoxy) is 1. The molecule has 5 rings (SSSR count). The molecular weight excluding hydrogens is 361 g/mol. The number of furan rings is 1. The number of para-hydroxylation sites is 1. The topological polar surface area (TPSA) is 64.7 Å². The number of benzene rings is 2. The molecule has 27 heavy (non-hydrogen) atoms. The molecule has 0 amide bonds. The average molecular weight is 377 g/mol. The van der Waals surface area contributed by atoms with Crippen LogP contribution in [-0.2, 0) is 4.65 Å². The lowest BCUT2D eigenvalue weighted by molar-refractivity contribution is 0.247. The maximum Gasteiger partial charge on any atom is 0.495 e. The van der Waals surface area contributed by atoms with E-state index in [-0.39, 0.29) is 6.10 Å². The van der Waals surface area contributed by atoms with Crippen molar-refractivity contribution < 1.29 is 18.8 Å². The van der Waals surface area contributed by atoms with Crippen LogP contribution < -0.4 is 4.74 Å². The highest BCUT2D eigenvalue weighted by molar-refractivity contribution is 7.20. The third-order valence-electron chi connectivity index (χ3n) is 4.79. The van der Waals surface area contributed by atoms with Crippen molar-refractivity contribution >= 4 is 50.7 Å². The van der Waals surface area contributed by atoms with Crippen molar-refractivity contribution in [3.05, 3.63) is 59.3 Å². The van der Waals surface area contributed by atoms with Crippen LogP contribution in [0.3, 0.4) is 0 Å². The van der Waals surface area contributed by atoms with E-state index in [1.165, 1.54) is 11.3 Å². The molecule has 2 aromatic carbocycles. The summed E-state index contributed by atoms with van der Waals surface area (Å²) in [6.45, 7) is 1.91. The van der Waals surface area contributed by atoms with E-state index in [0.29, 0.717) is 11.2 Å². The van der Waals surface area contributed by atoms with Gasteiger partial charge in [-0.2, -0.15) is 0 Å². The summed E-state index contributed by atoms with van der Waals surface area (Å²) in [6, 6.07) is 15.6. The number of nitrogens with zero attached hydrogens (tertiary/aromatic N) is 1. The zero-order chi connectivity index (χ0) is 18.5. The van der Waals surface area contributed by atoms with Gasteiger partial charge >= 0.3 is 7.12 Å². The normalized spacial score (nSPS) is 17.4. The van der Waals surface area contributed by atoms with E-state index in [2.05, 4.69) is 0 Å². The number of hydrogen-bond acceptors (Lipinski definition) is 6. The molecule has 1 aliphatic heterocycles. The highest BCUT2D eigenvalue weighted by Crippen LogP contribution is 2.42. The zero-order valence-corrected chi connectivity index (χ0v) is 15.6. The second-order valence-corrected chi connectivity index (χ2v) is 7.49. The Hall–Kier alpha value is -2.61. The van der Waals surface area contributed by atoms with Crippen molar-refractivity contribution in [2.24, 2.45) is 0 Å². The summed E-state index contributed by atoms with van der Waals surface area (Å²) in [6.07, 6.45) is -0.294. The van der Waals surface area contributed by atoms with Gasteiger partial charge in [0.15, 0.2) is 0 Å². The summed E-state index contributed by atoms with van der Waals surface area (Å²) < 4.78 is 18.0. The predicted octanol–water partition coefficient (Wildman–Crippen LogP) is 4.40. The largest absolute Gasteiger partial charge is 0.497 e. The van der Waals surface area contributed by atoms with Crippen LogP contribution in [0.1, 0.15) is 17.7 Å². The Morgan fingerprint density at radius 1 is 1.19 bits per heavy atom. The van der Waals surface area contributed by atoms with Crippen LogP contribution in [-0.4, -0.2) is 30.3 Å². The molecule has 0 saturated carbocycles. The molecule has 1 aliphatic rings. The molecule has 0 bridgehead atoms. The number of aromatic nitrogens is 1. The summed E-state index contributed by atoms with van der Waals surface area (Å²) in [5.41, 5.74) is 3.17. The molecule has 0 saturated heterocycles. The molecule has 4 aromatic rings. The molecule has 5 nitrogen and oxygen atoms in total. The van der Waals surface area contributed by atoms with Crippen LogP contribution in [0.2, 0.25) is 0 Å². The Labute approximate surface area is 160 Å². The molecule has 0 aliphatic carbocycles. The van der Waals surface area contributed by atoms with Crippen LogP contribution in [0.15, 0.2) is 52.9 Å². The van der Waals surface area contributed by atoms with Crippen LogP contribution >= 0.6 is 11.3 Å². The van der Waals surface area contributed by atoms with Crippen LogP contribution in [0.4, 0.5) is 0 Å². The van der Waals surface area contributed by atoms with E-state index < -0.39 is 7.12 Å². The van der Waals surface area contributed by atoms with Gasteiger partial charge in [-0.3, -0.25) is 0 Å². The van der Waals surface area contributed by atoms with E-state index in [1.54, 1.807) is 7.11 Å². The lowest BCUT2D eigenvalue weighted by atomic mass is 9.78. The molecule has 0 fully saturated rings. The van der Waals surface area contributed by atoms with Crippen molar-refractivity contribution in [3.8, 4) is 5.75 Å². The minimum absolute atomic E-state index is 0.294. The molecule has 0 radical (unpaired) electrons. The second kappa shape index (κ2) is 6.23. The molecule has 3 heterocycles. The van der Waals surface area contributed by atoms with Gasteiger partial charge in [-0.25, -0.2) is 4.98 Å². The molecular formula is C20H16BNO4S. The second-order valence-electron chi connectivity index (χ2n) is 6.46. The average Bonchev–Trinajstić information content (AvgIpc) is 3.34. The first-order chi connectivity index (χ1) is 13.1. The van der Waals surface area contributed by atoms with Crippen LogP contribution in [0.25, 0.3) is 32.2 Å². The van der Waals surface area contributed by atoms with Gasteiger partial charge in [0.1, 0.15) is 22.1 Å². The van der Waals surface area contributed by atoms with Gasteiger partial charge in [0, 0.05) is 16.4 Å². The van der Waals surface area contributed by atoms with Gasteiger partial charge in [0.25, 0.3) is 0 Å². The van der Waals surface area contributed by atoms with Gasteiger partial charge in [-0.15, -0.1) is 11.3 Å². The first kappa shape index (κ1) is 16.6. The number of rotatable bonds is 3. The Morgan fingerprint density at radius 2 is 2.04 bits per heavy atom. The molecule has 0 spiro atoms. The Kier molecular flexibility index (Phi) is 3.82. The predicted molar refractivity (Wildman–Crippen MR) is 108 cm³/mol. The molecule has 1 unspecified atom stereocenters. The number of methoxy groups -OCH3 is 1. The lowest BCUT2D eigenvalue weighted by Gasteiger charge is -2.06. The third kappa shape index (κ3) is 2.66. The van der Waals surface area contributed by atoms with E-state index >= 15 is 0 Å². The minimum atomic E-state index is -1.04. The highest BCUT2D eigenvalue weighted by Gasteiger charge is 2.40. The molecule has 1 atom stereocenters. The first-order valence-electron chi connectivity index (χ1n) is 8.65. The minimum Gasteiger partial charge on any atom is -0.497 e. The molecule has 2 aromatic heterocycles. The van der Waals surface area contributed by atoms with Crippen LogP contribution in [0, 0.1) is 0 Å². The van der Waals surface area contributed by atoms with Gasteiger partial charge < -0.3 is 18.8 Å². The standard InChI is InChI=1S/C20H16BNO4S/c1-11-18(16-9-12-5-3-4-6-15(12)25-16)19(21(23)26-11)20-22-14-8-7-13(24-2)10-17(14)27-20/h3-11,23H,1-2H3. The lowest BCUT2D eigenvalue weighted by Crippen LogP contribution is -2.16. The number of hydrogen-bond donors (Lipinski definition) is 1. The van der Waals surface area contributed by atoms with Crippen LogP contribution in [0.5, 0.6) is 5.75 Å². The van der Waals surface area contributed by atoms with E-state index in [0.717, 1.165) is 37.5 Å². The maximum atomic E-state index is 10.6. The van der Waals surface area contributed by atoms with E-state index in [4.69, 9.17) is 18.8 Å². The van der Waals surface area contributed by atoms with Crippen molar-refractivity contribution in [2.75, 3.05) is 7.11 Å². The van der Waals surface area contributed by atoms with Gasteiger partial charge in [-0.1, -0.05) is 18.2 Å². The summed E-state index contributed by atoms with van der Waals surface area (Å²) in [5, 5.41) is 12.3. The van der Waals surface area contributed by atoms with E-state index in [1.807, 2.05) is 55.5 Å². The summed E-state index contributed by atoms with van der Waals surface area (Å²) >= 11 is 1.50. The van der Waals surface area contributed by atoms with E-state index in [9.17, 15) is 5.02 Å². The zero-order valence-electron chi connectivity index (χ0n) is 14.8. The highest BCUT2D eigenvalue weighted by atomic mass is 32.1. The quantitative estimate of drug-likeness (QED) is 0.536. The SMILES string of the molecule is COc1ccc2nc(C3=C(c4cc5ccccc5o4)C(C)OB3O)sc2c1. The van der Waals surface area contributed by atoms with Gasteiger partial charge in [0.05, 0.1) is 23.4 Å². The van der Waals surface area contributed by atoms with Crippen molar-refractivity contribution in [3.63, 3.8) is 0 Å². The fraction of sp³-hybridized carbons (Fsp3) is 0.150. The Morgan fingerprint density at radius 3 is 2.85 bits per heavy atom. The maximum absolute atomic E-state index is 10.6. The molecule has 1 N–H and O–H groups in total. The summed E-state index contributed by atoms with van der Waals surface area (Å²) in [7, 11) is 0.604. The van der Waals surface area contributed by atoms with Gasteiger partial charge in [-0.05, 0) is 37.3 Å². The van der Waals surface area contributed by atoms with Crippen molar-refractivity contribution in [1.29, 1.82) is 0 Å². The van der Waals surface area contributed by atoms with Crippen molar-refractivity contribution in [2.45, 2.75) is 13.0 Å². The number of fused-ring (bicyclic) bond motifs is 2. The first-order valence-corrected chi connectivity index (χ1v) is 9.47. The smallest absolute Gasteiger partial charge is 0.495 e. The molecule has 7 heteroatoms. The molecule has 134 valence electrons. The fourth-order valence-electron chi connectivity index (χ4n) is 3.50. The third-order valence-corrected chi connectivity index (χ3v) is 5.85. The Balaban J connectivity index is 1.71. The number of thiazole rings is 1. The fourth-order valence-corrected chi connectivity index (χ4v) is 4.56. The Bertz CT molecular complexity index is 1160. The van der Waals surface area contributed by atoms with Crippen molar-refractivity contribution in [1.82, 2.24) is 4.98 Å². The monoisotopic (exact) mass is 377 g/mol. The summed E-state index contributed by atoms with van der Waals surface area (Å²) in [4.78, 5) is 4.71. The van der Waals surface area contributed by atoms with Gasteiger partial charge in [0.2, 0.25) is 0 Å².